The first kappa shape index (κ1) is 22.0. The summed E-state index contributed by atoms with van der Waals surface area (Å²) in [6.45, 7) is 0.0731. The fourth-order valence-electron chi connectivity index (χ4n) is 3.87. The van der Waals surface area contributed by atoms with Crippen molar-refractivity contribution in [3.8, 4) is 11.5 Å². The Kier molecular flexibility index (Phi) is 6.08. The summed E-state index contributed by atoms with van der Waals surface area (Å²) in [4.78, 5) is 31.7. The summed E-state index contributed by atoms with van der Waals surface area (Å²) in [6.07, 6.45) is 3.20. The molecule has 3 aromatic rings. The number of nitrogens with zero attached hydrogens (tertiary/aromatic N) is 2. The number of rotatable bonds is 6. The lowest BCUT2D eigenvalue weighted by Crippen LogP contribution is -2.29. The Morgan fingerprint density at radius 3 is 2.48 bits per heavy atom. The van der Waals surface area contributed by atoms with Crippen molar-refractivity contribution in [2.24, 2.45) is 0 Å². The van der Waals surface area contributed by atoms with Crippen LogP contribution in [0.25, 0.3) is 5.76 Å². The van der Waals surface area contributed by atoms with E-state index in [1.54, 1.807) is 42.7 Å². The van der Waals surface area contributed by atoms with Crippen molar-refractivity contribution < 1.29 is 28.6 Å². The number of aliphatic hydroxyl groups is 1. The van der Waals surface area contributed by atoms with E-state index in [9.17, 15) is 19.1 Å². The normalized spacial score (nSPS) is 17.3. The Morgan fingerprint density at radius 2 is 1.85 bits per heavy atom. The zero-order valence-electron chi connectivity index (χ0n) is 18.0. The van der Waals surface area contributed by atoms with Crippen LogP contribution >= 0.6 is 0 Å². The van der Waals surface area contributed by atoms with Crippen LogP contribution in [0.1, 0.15) is 22.7 Å². The Balaban J connectivity index is 1.93. The second kappa shape index (κ2) is 9.12. The summed E-state index contributed by atoms with van der Waals surface area (Å²) < 4.78 is 24.3. The van der Waals surface area contributed by atoms with E-state index in [4.69, 9.17) is 9.47 Å². The van der Waals surface area contributed by atoms with E-state index in [1.165, 1.54) is 43.4 Å². The molecule has 1 fully saturated rings. The number of carbonyl (C=O) groups excluding carboxylic acids is 2. The number of amides is 1. The molecule has 4 rings (SSSR count). The summed E-state index contributed by atoms with van der Waals surface area (Å²) in [5.41, 5.74) is 1.25. The number of methoxy groups -OCH3 is 2. The molecule has 1 aliphatic heterocycles. The molecule has 2 heterocycles. The van der Waals surface area contributed by atoms with Crippen LogP contribution in [0.4, 0.5) is 4.39 Å². The van der Waals surface area contributed by atoms with Gasteiger partial charge < -0.3 is 19.5 Å². The van der Waals surface area contributed by atoms with E-state index < -0.39 is 29.3 Å². The number of hydrogen-bond acceptors (Lipinski definition) is 6. The van der Waals surface area contributed by atoms with Gasteiger partial charge in [-0.1, -0.05) is 6.07 Å². The van der Waals surface area contributed by atoms with Gasteiger partial charge in [0, 0.05) is 30.1 Å². The topological polar surface area (TPSA) is 89.0 Å². The molecule has 2 aromatic carbocycles. The minimum absolute atomic E-state index is 0.0731. The summed E-state index contributed by atoms with van der Waals surface area (Å²) in [7, 11) is 2.97. The van der Waals surface area contributed by atoms with Gasteiger partial charge in [-0.05, 0) is 54.1 Å². The monoisotopic (exact) mass is 448 g/mol. The van der Waals surface area contributed by atoms with E-state index in [0.29, 0.717) is 22.6 Å². The van der Waals surface area contributed by atoms with Gasteiger partial charge in [-0.3, -0.25) is 14.6 Å². The second-order valence-corrected chi connectivity index (χ2v) is 7.40. The number of likely N-dealkylation sites (tertiary alicyclic amines) is 1. The number of ketones is 1. The van der Waals surface area contributed by atoms with Crippen LogP contribution in [-0.4, -0.2) is 40.9 Å². The number of carbonyl (C=O) groups is 2. The molecule has 1 aromatic heterocycles. The van der Waals surface area contributed by atoms with Crippen molar-refractivity contribution in [2.45, 2.75) is 12.6 Å². The van der Waals surface area contributed by atoms with Crippen LogP contribution < -0.4 is 9.47 Å². The van der Waals surface area contributed by atoms with Gasteiger partial charge in [0.05, 0.1) is 25.8 Å². The zero-order chi connectivity index (χ0) is 23.5. The van der Waals surface area contributed by atoms with Crippen molar-refractivity contribution in [1.82, 2.24) is 9.88 Å². The lowest BCUT2D eigenvalue weighted by atomic mass is 9.94. The predicted octanol–water partition coefficient (Wildman–Crippen LogP) is 3.86. The quantitative estimate of drug-likeness (QED) is 0.350. The minimum atomic E-state index is -0.972. The summed E-state index contributed by atoms with van der Waals surface area (Å²) in [5.74, 6) is -1.64. The number of Topliss-reactive ketones (excluding diaryl/α,β-unsaturated/α-hetero) is 1. The molecule has 7 nitrogen and oxygen atoms in total. The number of hydrogen-bond donors (Lipinski definition) is 1. The van der Waals surface area contributed by atoms with Gasteiger partial charge in [-0.15, -0.1) is 0 Å². The average molecular weight is 448 g/mol. The molecule has 168 valence electrons. The zero-order valence-corrected chi connectivity index (χ0v) is 18.0. The Hall–Kier alpha value is -4.20. The van der Waals surface area contributed by atoms with Crippen molar-refractivity contribution in [1.29, 1.82) is 0 Å². The van der Waals surface area contributed by atoms with Gasteiger partial charge >= 0.3 is 0 Å². The van der Waals surface area contributed by atoms with Crippen LogP contribution in [0.5, 0.6) is 11.5 Å². The maximum atomic E-state index is 13.4. The van der Waals surface area contributed by atoms with Crippen molar-refractivity contribution in [2.75, 3.05) is 14.2 Å². The molecule has 1 atom stereocenters. The van der Waals surface area contributed by atoms with Gasteiger partial charge in [0.2, 0.25) is 0 Å². The number of pyridine rings is 1. The Labute approximate surface area is 189 Å². The van der Waals surface area contributed by atoms with Crippen molar-refractivity contribution in [3.63, 3.8) is 0 Å². The molecule has 0 saturated carbocycles. The molecule has 0 bridgehead atoms. The third kappa shape index (κ3) is 4.15. The molecule has 1 aliphatic rings. The fourth-order valence-corrected chi connectivity index (χ4v) is 3.87. The molecule has 0 radical (unpaired) electrons. The molecule has 0 spiro atoms. The van der Waals surface area contributed by atoms with E-state index in [0.717, 1.165) is 0 Å². The van der Waals surface area contributed by atoms with Gasteiger partial charge in [-0.2, -0.15) is 0 Å². The highest BCUT2D eigenvalue weighted by molar-refractivity contribution is 6.46. The number of aliphatic hydroxyl groups excluding tert-OH is 1. The van der Waals surface area contributed by atoms with E-state index in [1.807, 2.05) is 0 Å². The average Bonchev–Trinajstić information content (AvgIpc) is 3.09. The first-order valence-electron chi connectivity index (χ1n) is 10.1. The van der Waals surface area contributed by atoms with Gasteiger partial charge in [0.1, 0.15) is 23.1 Å². The highest BCUT2D eigenvalue weighted by Gasteiger charge is 2.47. The molecule has 0 aliphatic carbocycles. The summed E-state index contributed by atoms with van der Waals surface area (Å²) >= 11 is 0. The maximum absolute atomic E-state index is 13.4. The highest BCUT2D eigenvalue weighted by Crippen LogP contribution is 2.44. The smallest absolute Gasteiger partial charge is 0.295 e. The van der Waals surface area contributed by atoms with Crippen molar-refractivity contribution >= 4 is 17.4 Å². The van der Waals surface area contributed by atoms with Crippen LogP contribution in [0.3, 0.4) is 0 Å². The van der Waals surface area contributed by atoms with Crippen LogP contribution in [0.15, 0.2) is 72.6 Å². The maximum Gasteiger partial charge on any atom is 0.295 e. The molecule has 1 N–H and O–H groups in total. The molecular weight excluding hydrogens is 427 g/mol. The Morgan fingerprint density at radius 1 is 1.09 bits per heavy atom. The van der Waals surface area contributed by atoms with E-state index >= 15 is 0 Å². The lowest BCUT2D eigenvalue weighted by Gasteiger charge is -2.27. The van der Waals surface area contributed by atoms with E-state index in [2.05, 4.69) is 4.98 Å². The van der Waals surface area contributed by atoms with Crippen LogP contribution in [-0.2, 0) is 16.1 Å². The largest absolute Gasteiger partial charge is 0.507 e. The SMILES string of the molecule is COc1ccc(OC)c([C@H]2/C(=C(\O)c3ccc(F)cc3)C(=O)C(=O)N2Cc2cccnc2)c1. The number of halogens is 1. The molecular formula is C25H21FN2O5. The lowest BCUT2D eigenvalue weighted by molar-refractivity contribution is -0.140. The first-order valence-corrected chi connectivity index (χ1v) is 10.1. The predicted molar refractivity (Wildman–Crippen MR) is 118 cm³/mol. The second-order valence-electron chi connectivity index (χ2n) is 7.40. The minimum Gasteiger partial charge on any atom is -0.507 e. The van der Waals surface area contributed by atoms with Crippen molar-refractivity contribution in [3.05, 3.63) is 95.1 Å². The Bertz CT molecular complexity index is 1230. The molecule has 1 amide bonds. The third-order valence-corrected chi connectivity index (χ3v) is 5.46. The molecule has 1 saturated heterocycles. The summed E-state index contributed by atoms with van der Waals surface area (Å²) in [6, 6.07) is 12.6. The number of aromatic nitrogens is 1. The summed E-state index contributed by atoms with van der Waals surface area (Å²) in [5, 5.41) is 11.1. The third-order valence-electron chi connectivity index (χ3n) is 5.46. The van der Waals surface area contributed by atoms with Gasteiger partial charge in [0.15, 0.2) is 0 Å². The number of benzene rings is 2. The standard InChI is InChI=1S/C25H21FN2O5/c1-32-18-9-10-20(33-2)19(12-18)22-21(23(29)16-5-7-17(26)8-6-16)24(30)25(31)28(22)14-15-4-3-11-27-13-15/h3-13,22,29H,14H2,1-2H3/b23-21+/t22-/m0/s1. The highest BCUT2D eigenvalue weighted by atomic mass is 19.1. The molecule has 0 unspecified atom stereocenters. The molecule has 33 heavy (non-hydrogen) atoms. The first-order chi connectivity index (χ1) is 15.9. The number of ether oxygens (including phenoxy) is 2. The van der Waals surface area contributed by atoms with Crippen LogP contribution in [0.2, 0.25) is 0 Å². The fraction of sp³-hybridized carbons (Fsp3) is 0.160. The van der Waals surface area contributed by atoms with Gasteiger partial charge in [-0.25, -0.2) is 4.39 Å². The van der Waals surface area contributed by atoms with Gasteiger partial charge in [0.25, 0.3) is 11.7 Å². The van der Waals surface area contributed by atoms with Crippen LogP contribution in [0, 0.1) is 5.82 Å². The molecule has 8 heteroatoms. The van der Waals surface area contributed by atoms with E-state index in [-0.39, 0.29) is 17.7 Å².